The molecule has 1 atom stereocenters. The van der Waals surface area contributed by atoms with Crippen molar-refractivity contribution < 1.29 is 15.0 Å². The molecule has 3 nitrogen and oxygen atoms in total. The van der Waals surface area contributed by atoms with E-state index in [4.69, 9.17) is 5.11 Å². The van der Waals surface area contributed by atoms with Gasteiger partial charge in [-0.1, -0.05) is 30.3 Å². The molecule has 3 heteroatoms. The molecular weight excluding hydrogens is 204 g/mol. The number of carboxylic acids is 1. The van der Waals surface area contributed by atoms with Crippen molar-refractivity contribution in [1.29, 1.82) is 0 Å². The van der Waals surface area contributed by atoms with Gasteiger partial charge in [0.05, 0.1) is 6.10 Å². The van der Waals surface area contributed by atoms with E-state index in [2.05, 4.69) is 0 Å². The first kappa shape index (κ1) is 10.9. The molecule has 16 heavy (non-hydrogen) atoms. The van der Waals surface area contributed by atoms with Gasteiger partial charge in [0, 0.05) is 5.57 Å². The first-order chi connectivity index (χ1) is 7.70. The van der Waals surface area contributed by atoms with Crippen molar-refractivity contribution >= 4 is 11.5 Å². The quantitative estimate of drug-likeness (QED) is 0.799. The van der Waals surface area contributed by atoms with Gasteiger partial charge in [-0.05, 0) is 30.4 Å². The highest BCUT2D eigenvalue weighted by atomic mass is 16.4. The molecule has 2 N–H and O–H groups in total. The Bertz CT molecular complexity index is 420. The topological polar surface area (TPSA) is 57.5 Å². The van der Waals surface area contributed by atoms with E-state index in [0.717, 1.165) is 12.0 Å². The van der Waals surface area contributed by atoms with E-state index in [1.54, 1.807) is 0 Å². The standard InChI is InChI=1S/C13H14O3/c14-11-8-4-7-10(13(15)16)12(11)9-5-2-1-3-6-9/h1-3,5-6,11,14H,4,7-8H2,(H,15,16). The number of carbonyl (C=O) groups is 1. The second-order valence-electron chi connectivity index (χ2n) is 3.97. The van der Waals surface area contributed by atoms with Crippen LogP contribution in [0.1, 0.15) is 24.8 Å². The Balaban J connectivity index is 2.51. The van der Waals surface area contributed by atoms with Crippen LogP contribution in [0, 0.1) is 0 Å². The average molecular weight is 218 g/mol. The molecule has 1 aromatic rings. The highest BCUT2D eigenvalue weighted by Crippen LogP contribution is 2.32. The molecule has 2 rings (SSSR count). The van der Waals surface area contributed by atoms with Crippen molar-refractivity contribution in [2.75, 3.05) is 0 Å². The zero-order chi connectivity index (χ0) is 11.5. The molecule has 0 bridgehead atoms. The molecule has 1 aliphatic rings. The fourth-order valence-electron chi connectivity index (χ4n) is 2.16. The largest absolute Gasteiger partial charge is 0.478 e. The average Bonchev–Trinajstić information content (AvgIpc) is 2.29. The molecule has 0 heterocycles. The zero-order valence-corrected chi connectivity index (χ0v) is 8.89. The second kappa shape index (κ2) is 4.49. The maximum atomic E-state index is 11.1. The van der Waals surface area contributed by atoms with E-state index in [9.17, 15) is 9.90 Å². The van der Waals surface area contributed by atoms with E-state index in [0.29, 0.717) is 24.0 Å². The van der Waals surface area contributed by atoms with Crippen molar-refractivity contribution in [3.05, 3.63) is 41.5 Å². The van der Waals surface area contributed by atoms with Crippen LogP contribution in [0.4, 0.5) is 0 Å². The molecule has 1 unspecified atom stereocenters. The summed E-state index contributed by atoms with van der Waals surface area (Å²) in [5.41, 5.74) is 1.75. The lowest BCUT2D eigenvalue weighted by Crippen LogP contribution is -2.20. The van der Waals surface area contributed by atoms with E-state index in [1.165, 1.54) is 0 Å². The molecule has 0 aromatic heterocycles. The van der Waals surface area contributed by atoms with Gasteiger partial charge in [0.1, 0.15) is 0 Å². The second-order valence-corrected chi connectivity index (χ2v) is 3.97. The Morgan fingerprint density at radius 3 is 2.56 bits per heavy atom. The summed E-state index contributed by atoms with van der Waals surface area (Å²) in [6, 6.07) is 9.26. The van der Waals surface area contributed by atoms with Gasteiger partial charge in [-0.25, -0.2) is 4.79 Å². The van der Waals surface area contributed by atoms with Crippen LogP contribution in [0.2, 0.25) is 0 Å². The fourth-order valence-corrected chi connectivity index (χ4v) is 2.16. The molecule has 0 radical (unpaired) electrons. The minimum atomic E-state index is -0.919. The first-order valence-corrected chi connectivity index (χ1v) is 5.40. The van der Waals surface area contributed by atoms with Crippen LogP contribution in [0.3, 0.4) is 0 Å². The molecule has 0 amide bonds. The van der Waals surface area contributed by atoms with Gasteiger partial charge in [0.2, 0.25) is 0 Å². The van der Waals surface area contributed by atoms with E-state index < -0.39 is 12.1 Å². The van der Waals surface area contributed by atoms with Gasteiger partial charge < -0.3 is 10.2 Å². The Labute approximate surface area is 94.0 Å². The van der Waals surface area contributed by atoms with Crippen LogP contribution >= 0.6 is 0 Å². The monoisotopic (exact) mass is 218 g/mol. The number of rotatable bonds is 2. The van der Waals surface area contributed by atoms with E-state index >= 15 is 0 Å². The smallest absolute Gasteiger partial charge is 0.331 e. The molecule has 0 saturated carbocycles. The van der Waals surface area contributed by atoms with Gasteiger partial charge in [-0.3, -0.25) is 0 Å². The Hall–Kier alpha value is -1.61. The summed E-state index contributed by atoms with van der Waals surface area (Å²) in [7, 11) is 0. The van der Waals surface area contributed by atoms with E-state index in [1.807, 2.05) is 30.3 Å². The van der Waals surface area contributed by atoms with Crippen molar-refractivity contribution in [3.63, 3.8) is 0 Å². The first-order valence-electron chi connectivity index (χ1n) is 5.40. The Morgan fingerprint density at radius 2 is 1.94 bits per heavy atom. The molecule has 0 spiro atoms. The summed E-state index contributed by atoms with van der Waals surface area (Å²) < 4.78 is 0. The van der Waals surface area contributed by atoms with Crippen LogP contribution in [0.5, 0.6) is 0 Å². The number of aliphatic hydroxyl groups is 1. The molecule has 1 aliphatic carbocycles. The summed E-state index contributed by atoms with van der Waals surface area (Å²) in [6.07, 6.45) is 1.26. The minimum absolute atomic E-state index is 0.352. The molecule has 1 aromatic carbocycles. The van der Waals surface area contributed by atoms with Crippen LogP contribution < -0.4 is 0 Å². The molecule has 0 saturated heterocycles. The van der Waals surface area contributed by atoms with Crippen molar-refractivity contribution in [3.8, 4) is 0 Å². The zero-order valence-electron chi connectivity index (χ0n) is 8.89. The minimum Gasteiger partial charge on any atom is -0.478 e. The summed E-state index contributed by atoms with van der Waals surface area (Å²) in [5, 5.41) is 19.0. The normalized spacial score (nSPS) is 20.9. The van der Waals surface area contributed by atoms with Crippen LogP contribution in [-0.2, 0) is 4.79 Å². The number of aliphatic hydroxyl groups excluding tert-OH is 1. The van der Waals surface area contributed by atoms with Crippen LogP contribution in [0.15, 0.2) is 35.9 Å². The maximum Gasteiger partial charge on any atom is 0.331 e. The summed E-state index contributed by atoms with van der Waals surface area (Å²) >= 11 is 0. The lowest BCUT2D eigenvalue weighted by Gasteiger charge is -2.23. The molecule has 84 valence electrons. The Kier molecular flexibility index (Phi) is 3.06. The lowest BCUT2D eigenvalue weighted by molar-refractivity contribution is -0.132. The predicted molar refractivity (Wildman–Crippen MR) is 60.9 cm³/mol. The predicted octanol–water partition coefficient (Wildman–Crippen LogP) is 2.07. The third kappa shape index (κ3) is 1.99. The van der Waals surface area contributed by atoms with Gasteiger partial charge >= 0.3 is 5.97 Å². The van der Waals surface area contributed by atoms with Crippen LogP contribution in [-0.4, -0.2) is 22.3 Å². The van der Waals surface area contributed by atoms with Crippen LogP contribution in [0.25, 0.3) is 5.57 Å². The van der Waals surface area contributed by atoms with Crippen molar-refractivity contribution in [1.82, 2.24) is 0 Å². The van der Waals surface area contributed by atoms with Gasteiger partial charge in [-0.2, -0.15) is 0 Å². The van der Waals surface area contributed by atoms with Crippen molar-refractivity contribution in [2.45, 2.75) is 25.4 Å². The van der Waals surface area contributed by atoms with Gasteiger partial charge in [-0.15, -0.1) is 0 Å². The molecule has 0 fully saturated rings. The van der Waals surface area contributed by atoms with Gasteiger partial charge in [0.25, 0.3) is 0 Å². The number of benzene rings is 1. The fraction of sp³-hybridized carbons (Fsp3) is 0.308. The highest BCUT2D eigenvalue weighted by molar-refractivity contribution is 5.97. The highest BCUT2D eigenvalue weighted by Gasteiger charge is 2.25. The number of carboxylic acid groups (broad SMARTS) is 1. The summed E-state index contributed by atoms with van der Waals surface area (Å²) in [6.45, 7) is 0. The third-order valence-electron chi connectivity index (χ3n) is 2.91. The number of aliphatic carboxylic acids is 1. The van der Waals surface area contributed by atoms with Crippen molar-refractivity contribution in [2.24, 2.45) is 0 Å². The molecule has 0 aliphatic heterocycles. The Morgan fingerprint density at radius 1 is 1.25 bits per heavy atom. The summed E-state index contributed by atoms with van der Waals surface area (Å²) in [5.74, 6) is -0.919. The SMILES string of the molecule is O=C(O)C1=C(c2ccccc2)C(O)CCC1. The lowest BCUT2D eigenvalue weighted by atomic mass is 9.85. The summed E-state index contributed by atoms with van der Waals surface area (Å²) in [4.78, 5) is 11.1. The third-order valence-corrected chi connectivity index (χ3v) is 2.91. The maximum absolute atomic E-state index is 11.1. The van der Waals surface area contributed by atoms with Gasteiger partial charge in [0.15, 0.2) is 0 Å². The molecular formula is C13H14O3. The number of hydrogen-bond donors (Lipinski definition) is 2. The number of hydrogen-bond acceptors (Lipinski definition) is 2. The van der Waals surface area contributed by atoms with E-state index in [-0.39, 0.29) is 0 Å².